The second kappa shape index (κ2) is 5.01. The molecule has 3 atom stereocenters. The summed E-state index contributed by atoms with van der Waals surface area (Å²) >= 11 is 0. The molecule has 0 saturated carbocycles. The highest BCUT2D eigenvalue weighted by Gasteiger charge is 2.48. The number of hydrogen-bond acceptors (Lipinski definition) is 6. The molecule has 7 N–H and O–H groups in total. The minimum Gasteiger partial charge on any atom is -0.481 e. The summed E-state index contributed by atoms with van der Waals surface area (Å²) in [6.07, 6.45) is -2.44. The van der Waals surface area contributed by atoms with Crippen LogP contribution in [0.25, 0.3) is 0 Å². The zero-order chi connectivity index (χ0) is 13.1. The van der Waals surface area contributed by atoms with Gasteiger partial charge in [0.2, 0.25) is 5.54 Å². The number of rotatable bonds is 6. The van der Waals surface area contributed by atoms with E-state index in [2.05, 4.69) is 0 Å². The van der Waals surface area contributed by atoms with Crippen LogP contribution in [-0.2, 0) is 14.4 Å². The van der Waals surface area contributed by atoms with Crippen molar-refractivity contribution >= 4 is 17.7 Å². The van der Waals surface area contributed by atoms with Crippen molar-refractivity contribution in [3.8, 4) is 0 Å². The molecule has 0 radical (unpaired) electrons. The second-order valence-corrected chi connectivity index (χ2v) is 3.42. The van der Waals surface area contributed by atoms with Crippen LogP contribution in [0.15, 0.2) is 0 Å². The summed E-state index contributed by atoms with van der Waals surface area (Å²) in [7, 11) is 0. The fourth-order valence-corrected chi connectivity index (χ4v) is 1.08. The monoisotopic (exact) mass is 234 g/mol. The molecule has 0 saturated heterocycles. The maximum Gasteiger partial charge on any atom is 0.334 e. The number of Topliss-reactive ketones (excluding diaryl/α,β-unsaturated/α-hetero) is 1. The molecule has 8 nitrogen and oxygen atoms in total. The first-order valence-corrected chi connectivity index (χ1v) is 4.36. The first-order chi connectivity index (χ1) is 7.13. The van der Waals surface area contributed by atoms with Crippen LogP contribution in [0.5, 0.6) is 0 Å². The Labute approximate surface area is 90.8 Å². The van der Waals surface area contributed by atoms with E-state index >= 15 is 0 Å². The maximum absolute atomic E-state index is 11.5. The van der Waals surface area contributed by atoms with Crippen LogP contribution in [0.2, 0.25) is 0 Å². The van der Waals surface area contributed by atoms with Gasteiger partial charge in [-0.3, -0.25) is 9.59 Å². The Morgan fingerprint density at radius 3 is 2.00 bits per heavy atom. The lowest BCUT2D eigenvalue weighted by Crippen LogP contribution is -2.66. The lowest BCUT2D eigenvalue weighted by atomic mass is 9.85. The van der Waals surface area contributed by atoms with Gasteiger partial charge in [0.05, 0.1) is 18.6 Å². The van der Waals surface area contributed by atoms with E-state index in [9.17, 15) is 14.4 Å². The van der Waals surface area contributed by atoms with Crippen LogP contribution >= 0.6 is 0 Å². The molecule has 0 bridgehead atoms. The number of aliphatic hydroxyl groups is 1. The number of aliphatic carboxylic acids is 2. The number of carbonyl (C=O) groups excluding carboxylic acids is 1. The van der Waals surface area contributed by atoms with Gasteiger partial charge in [0.25, 0.3) is 0 Å². The minimum atomic E-state index is -2.59. The van der Waals surface area contributed by atoms with Crippen LogP contribution < -0.4 is 11.5 Å². The average Bonchev–Trinajstić information content (AvgIpc) is 2.13. The van der Waals surface area contributed by atoms with Gasteiger partial charge >= 0.3 is 11.9 Å². The molecular formula is C8H14N2O6. The third-order valence-corrected chi connectivity index (χ3v) is 2.15. The highest BCUT2D eigenvalue weighted by molar-refractivity contribution is 6.11. The van der Waals surface area contributed by atoms with Crippen molar-refractivity contribution in [2.75, 3.05) is 0 Å². The van der Waals surface area contributed by atoms with Gasteiger partial charge in [-0.15, -0.1) is 0 Å². The molecule has 16 heavy (non-hydrogen) atoms. The lowest BCUT2D eigenvalue weighted by molar-refractivity contribution is -0.155. The molecule has 0 heterocycles. The van der Waals surface area contributed by atoms with E-state index in [1.807, 2.05) is 0 Å². The van der Waals surface area contributed by atoms with E-state index in [1.165, 1.54) is 0 Å². The summed E-state index contributed by atoms with van der Waals surface area (Å²) in [6.45, 7) is 1.01. The van der Waals surface area contributed by atoms with Crippen molar-refractivity contribution in [1.29, 1.82) is 0 Å². The SMILES string of the molecule is CC(O)C(N)(C(=O)O)C(=O)C(N)CC(=O)O. The van der Waals surface area contributed by atoms with Gasteiger partial charge in [-0.1, -0.05) is 0 Å². The van der Waals surface area contributed by atoms with Crippen LogP contribution in [0.4, 0.5) is 0 Å². The Balaban J connectivity index is 5.04. The van der Waals surface area contributed by atoms with E-state index in [4.69, 9.17) is 26.8 Å². The number of aliphatic hydroxyl groups excluding tert-OH is 1. The van der Waals surface area contributed by atoms with Gasteiger partial charge in [0.1, 0.15) is 0 Å². The molecule has 3 unspecified atom stereocenters. The van der Waals surface area contributed by atoms with Crippen molar-refractivity contribution in [2.24, 2.45) is 11.5 Å². The molecule has 0 aromatic heterocycles. The van der Waals surface area contributed by atoms with E-state index in [-0.39, 0.29) is 0 Å². The molecule has 0 rings (SSSR count). The predicted octanol–water partition coefficient (Wildman–Crippen LogP) is -2.48. The third kappa shape index (κ3) is 2.75. The summed E-state index contributed by atoms with van der Waals surface area (Å²) in [5.74, 6) is -4.34. The smallest absolute Gasteiger partial charge is 0.334 e. The fourth-order valence-electron chi connectivity index (χ4n) is 1.08. The summed E-state index contributed by atoms with van der Waals surface area (Å²) in [5, 5.41) is 26.3. The summed E-state index contributed by atoms with van der Waals surface area (Å²) in [4.78, 5) is 32.6. The number of carboxylic acid groups (broad SMARTS) is 2. The van der Waals surface area contributed by atoms with Gasteiger partial charge in [-0.05, 0) is 6.92 Å². The summed E-state index contributed by atoms with van der Waals surface area (Å²) in [6, 6.07) is -1.58. The van der Waals surface area contributed by atoms with Gasteiger partial charge < -0.3 is 26.8 Å². The molecular weight excluding hydrogens is 220 g/mol. The molecule has 0 aliphatic heterocycles. The number of carbonyl (C=O) groups is 3. The third-order valence-electron chi connectivity index (χ3n) is 2.15. The normalized spacial score (nSPS) is 18.2. The van der Waals surface area contributed by atoms with Crippen LogP contribution in [0, 0.1) is 0 Å². The van der Waals surface area contributed by atoms with E-state index in [1.54, 1.807) is 0 Å². The Kier molecular flexibility index (Phi) is 4.54. The van der Waals surface area contributed by atoms with E-state index < -0.39 is 41.8 Å². The largest absolute Gasteiger partial charge is 0.481 e. The van der Waals surface area contributed by atoms with Crippen LogP contribution in [0.1, 0.15) is 13.3 Å². The Bertz CT molecular complexity index is 316. The van der Waals surface area contributed by atoms with E-state index in [0.717, 1.165) is 6.92 Å². The van der Waals surface area contributed by atoms with Gasteiger partial charge in [0.15, 0.2) is 5.78 Å². The number of ketones is 1. The second-order valence-electron chi connectivity index (χ2n) is 3.42. The highest BCUT2D eigenvalue weighted by Crippen LogP contribution is 2.12. The average molecular weight is 234 g/mol. The maximum atomic E-state index is 11.5. The van der Waals surface area contributed by atoms with Crippen molar-refractivity contribution in [1.82, 2.24) is 0 Å². The molecule has 0 fully saturated rings. The topological polar surface area (TPSA) is 164 Å². The molecule has 0 amide bonds. The quantitative estimate of drug-likeness (QED) is 0.315. The Morgan fingerprint density at radius 1 is 1.31 bits per heavy atom. The fraction of sp³-hybridized carbons (Fsp3) is 0.625. The van der Waals surface area contributed by atoms with Gasteiger partial charge in [0, 0.05) is 0 Å². The zero-order valence-electron chi connectivity index (χ0n) is 8.58. The molecule has 0 aromatic rings. The summed E-state index contributed by atoms with van der Waals surface area (Å²) < 4.78 is 0. The first kappa shape index (κ1) is 14.5. The van der Waals surface area contributed by atoms with Crippen LogP contribution in [-0.4, -0.2) is 50.7 Å². The Morgan fingerprint density at radius 2 is 1.75 bits per heavy atom. The Hall–Kier alpha value is -1.51. The number of carboxylic acids is 2. The van der Waals surface area contributed by atoms with Gasteiger partial charge in [-0.2, -0.15) is 0 Å². The standard InChI is InChI=1S/C8H14N2O6/c1-3(11)8(10,7(15)16)6(14)4(9)2-5(12)13/h3-4,11H,2,9-10H2,1H3,(H,12,13)(H,15,16). The van der Waals surface area contributed by atoms with Crippen LogP contribution in [0.3, 0.4) is 0 Å². The molecule has 0 spiro atoms. The highest BCUT2D eigenvalue weighted by atomic mass is 16.4. The summed E-state index contributed by atoms with van der Waals surface area (Å²) in [5.41, 5.74) is 7.84. The lowest BCUT2D eigenvalue weighted by Gasteiger charge is -2.28. The molecule has 92 valence electrons. The minimum absolute atomic E-state index is 0.752. The van der Waals surface area contributed by atoms with Crippen molar-refractivity contribution < 1.29 is 29.7 Å². The molecule has 0 aliphatic rings. The molecule has 0 aromatic carbocycles. The zero-order valence-corrected chi connectivity index (χ0v) is 8.58. The van der Waals surface area contributed by atoms with Crippen molar-refractivity contribution in [2.45, 2.75) is 31.0 Å². The van der Waals surface area contributed by atoms with Crippen molar-refractivity contribution in [3.05, 3.63) is 0 Å². The van der Waals surface area contributed by atoms with Gasteiger partial charge in [-0.25, -0.2) is 4.79 Å². The number of hydrogen-bond donors (Lipinski definition) is 5. The molecule has 0 aliphatic carbocycles. The molecule has 8 heteroatoms. The first-order valence-electron chi connectivity index (χ1n) is 4.36. The van der Waals surface area contributed by atoms with Crippen molar-refractivity contribution in [3.63, 3.8) is 0 Å². The number of nitrogens with two attached hydrogens (primary N) is 2. The predicted molar refractivity (Wildman–Crippen MR) is 51.5 cm³/mol. The van der Waals surface area contributed by atoms with E-state index in [0.29, 0.717) is 0 Å².